The molecule has 0 spiro atoms. The van der Waals surface area contributed by atoms with Crippen LogP contribution < -0.4 is 9.62 Å². The smallest absolute Gasteiger partial charge is 0.238 e. The van der Waals surface area contributed by atoms with Gasteiger partial charge < -0.3 is 5.32 Å². The third kappa shape index (κ3) is 2.94. The van der Waals surface area contributed by atoms with E-state index in [0.29, 0.717) is 6.54 Å². The molecule has 0 bridgehead atoms. The van der Waals surface area contributed by atoms with Gasteiger partial charge in [-0.05, 0) is 31.4 Å². The van der Waals surface area contributed by atoms with Crippen molar-refractivity contribution in [2.24, 2.45) is 0 Å². The predicted molar refractivity (Wildman–Crippen MR) is 85.9 cm³/mol. The van der Waals surface area contributed by atoms with Crippen LogP contribution in [0.15, 0.2) is 24.3 Å². The number of para-hydroxylation sites is 1. The van der Waals surface area contributed by atoms with Crippen LogP contribution in [-0.2, 0) is 16.6 Å². The van der Waals surface area contributed by atoms with Gasteiger partial charge in [0.1, 0.15) is 0 Å². The molecule has 2 aliphatic rings. The molecule has 4 nitrogen and oxygen atoms in total. The van der Waals surface area contributed by atoms with Gasteiger partial charge in [-0.15, -0.1) is 0 Å². The fraction of sp³-hybridized carbons (Fsp3) is 0.625. The van der Waals surface area contributed by atoms with Gasteiger partial charge in [0.15, 0.2) is 0 Å². The molecule has 1 unspecified atom stereocenters. The number of nitrogens with zero attached hydrogens (tertiary/aromatic N) is 1. The molecule has 0 radical (unpaired) electrons. The van der Waals surface area contributed by atoms with Crippen molar-refractivity contribution < 1.29 is 8.42 Å². The van der Waals surface area contributed by atoms with Crippen molar-refractivity contribution in [1.29, 1.82) is 0 Å². The summed E-state index contributed by atoms with van der Waals surface area (Å²) < 4.78 is 27.9. The second kappa shape index (κ2) is 5.97. The van der Waals surface area contributed by atoms with E-state index in [4.69, 9.17) is 0 Å². The number of benzene rings is 1. The van der Waals surface area contributed by atoms with E-state index in [-0.39, 0.29) is 11.3 Å². The van der Waals surface area contributed by atoms with E-state index < -0.39 is 10.0 Å². The first-order valence-electron chi connectivity index (χ1n) is 7.92. The van der Waals surface area contributed by atoms with Gasteiger partial charge in [0, 0.05) is 19.1 Å². The SMILES string of the molecule is CC1CN(S(=O)(=O)C2CCCCC2)c2ccccc2CN1. The molecule has 0 amide bonds. The zero-order valence-electron chi connectivity index (χ0n) is 12.6. The summed E-state index contributed by atoms with van der Waals surface area (Å²) in [4.78, 5) is 0. The highest BCUT2D eigenvalue weighted by molar-refractivity contribution is 7.93. The van der Waals surface area contributed by atoms with Crippen LogP contribution in [0.4, 0.5) is 5.69 Å². The first-order valence-corrected chi connectivity index (χ1v) is 9.42. The normalized spacial score (nSPS) is 24.4. The summed E-state index contributed by atoms with van der Waals surface area (Å²) in [6.07, 6.45) is 4.85. The molecule has 1 aromatic carbocycles. The fourth-order valence-electron chi connectivity index (χ4n) is 3.38. The van der Waals surface area contributed by atoms with Crippen molar-refractivity contribution >= 4 is 15.7 Å². The Hall–Kier alpha value is -1.07. The van der Waals surface area contributed by atoms with Crippen molar-refractivity contribution in [2.75, 3.05) is 10.8 Å². The third-order valence-corrected chi connectivity index (χ3v) is 6.90. The van der Waals surface area contributed by atoms with Crippen LogP contribution >= 0.6 is 0 Å². The Morgan fingerprint density at radius 2 is 1.86 bits per heavy atom. The van der Waals surface area contributed by atoms with E-state index in [1.165, 1.54) is 6.42 Å². The lowest BCUT2D eigenvalue weighted by Crippen LogP contribution is -2.44. The summed E-state index contributed by atoms with van der Waals surface area (Å²) >= 11 is 0. The minimum Gasteiger partial charge on any atom is -0.308 e. The van der Waals surface area contributed by atoms with Crippen LogP contribution in [0.3, 0.4) is 0 Å². The van der Waals surface area contributed by atoms with Crippen molar-refractivity contribution in [2.45, 2.75) is 56.9 Å². The molecular weight excluding hydrogens is 284 g/mol. The van der Waals surface area contributed by atoms with Gasteiger partial charge in [0.05, 0.1) is 10.9 Å². The number of hydrogen-bond acceptors (Lipinski definition) is 3. The quantitative estimate of drug-likeness (QED) is 0.914. The lowest BCUT2D eigenvalue weighted by Gasteiger charge is -2.32. The molecule has 5 heteroatoms. The average molecular weight is 308 g/mol. The van der Waals surface area contributed by atoms with E-state index in [9.17, 15) is 8.42 Å². The molecule has 0 saturated heterocycles. The lowest BCUT2D eigenvalue weighted by molar-refractivity contribution is 0.479. The van der Waals surface area contributed by atoms with Crippen LogP contribution in [0.1, 0.15) is 44.6 Å². The summed E-state index contributed by atoms with van der Waals surface area (Å²) in [5.41, 5.74) is 1.93. The topological polar surface area (TPSA) is 49.4 Å². The first-order chi connectivity index (χ1) is 10.1. The number of hydrogen-bond donors (Lipinski definition) is 1. The molecule has 1 atom stereocenters. The highest BCUT2D eigenvalue weighted by Crippen LogP contribution is 2.32. The third-order valence-electron chi connectivity index (χ3n) is 4.62. The summed E-state index contributed by atoms with van der Waals surface area (Å²) in [5, 5.41) is 3.20. The van der Waals surface area contributed by atoms with Gasteiger partial charge in [0.25, 0.3) is 0 Å². The maximum atomic E-state index is 13.1. The van der Waals surface area contributed by atoms with Gasteiger partial charge in [-0.25, -0.2) is 8.42 Å². The molecule has 116 valence electrons. The second-order valence-electron chi connectivity index (χ2n) is 6.25. The summed E-state index contributed by atoms with van der Waals surface area (Å²) in [7, 11) is -3.26. The number of rotatable bonds is 2. The highest BCUT2D eigenvalue weighted by atomic mass is 32.2. The molecule has 1 N–H and O–H groups in total. The van der Waals surface area contributed by atoms with Crippen LogP contribution in [0.25, 0.3) is 0 Å². The monoisotopic (exact) mass is 308 g/mol. The van der Waals surface area contributed by atoms with Crippen LogP contribution in [0.5, 0.6) is 0 Å². The first kappa shape index (κ1) is 14.9. The Labute approximate surface area is 127 Å². The molecule has 0 aromatic heterocycles. The van der Waals surface area contributed by atoms with Crippen molar-refractivity contribution in [3.63, 3.8) is 0 Å². The minimum atomic E-state index is -3.26. The van der Waals surface area contributed by atoms with Crippen LogP contribution in [-0.4, -0.2) is 26.3 Å². The van der Waals surface area contributed by atoms with Crippen molar-refractivity contribution in [3.05, 3.63) is 29.8 Å². The minimum absolute atomic E-state index is 0.163. The van der Waals surface area contributed by atoms with Gasteiger partial charge in [-0.3, -0.25) is 4.31 Å². The summed E-state index contributed by atoms with van der Waals surface area (Å²) in [6, 6.07) is 8.02. The van der Waals surface area contributed by atoms with E-state index in [0.717, 1.165) is 43.5 Å². The zero-order chi connectivity index (χ0) is 14.9. The van der Waals surface area contributed by atoms with Gasteiger partial charge in [-0.1, -0.05) is 37.5 Å². The molecular formula is C16H24N2O2S. The van der Waals surface area contributed by atoms with E-state index >= 15 is 0 Å². The molecule has 1 aliphatic heterocycles. The Kier molecular flexibility index (Phi) is 4.22. The highest BCUT2D eigenvalue weighted by Gasteiger charge is 2.35. The molecule has 3 rings (SSSR count). The summed E-state index contributed by atoms with van der Waals surface area (Å²) in [6.45, 7) is 3.30. The van der Waals surface area contributed by atoms with Gasteiger partial charge in [0.2, 0.25) is 10.0 Å². The number of sulfonamides is 1. The van der Waals surface area contributed by atoms with Crippen LogP contribution in [0.2, 0.25) is 0 Å². The van der Waals surface area contributed by atoms with E-state index in [1.54, 1.807) is 4.31 Å². The Morgan fingerprint density at radius 1 is 1.14 bits per heavy atom. The van der Waals surface area contributed by atoms with E-state index in [2.05, 4.69) is 12.2 Å². The summed E-state index contributed by atoms with van der Waals surface area (Å²) in [5.74, 6) is 0. The Bertz CT molecular complexity index is 594. The Balaban J connectivity index is 1.98. The average Bonchev–Trinajstić information content (AvgIpc) is 2.68. The Morgan fingerprint density at radius 3 is 2.62 bits per heavy atom. The van der Waals surface area contributed by atoms with E-state index in [1.807, 2.05) is 24.3 Å². The maximum absolute atomic E-state index is 13.1. The number of nitrogens with one attached hydrogen (secondary N) is 1. The van der Waals surface area contributed by atoms with Gasteiger partial charge >= 0.3 is 0 Å². The molecule has 1 heterocycles. The largest absolute Gasteiger partial charge is 0.308 e. The molecule has 21 heavy (non-hydrogen) atoms. The molecule has 1 fully saturated rings. The fourth-order valence-corrected chi connectivity index (χ4v) is 5.56. The maximum Gasteiger partial charge on any atom is 0.238 e. The second-order valence-corrected chi connectivity index (χ2v) is 8.38. The van der Waals surface area contributed by atoms with Gasteiger partial charge in [-0.2, -0.15) is 0 Å². The van der Waals surface area contributed by atoms with Crippen LogP contribution in [0, 0.1) is 0 Å². The predicted octanol–water partition coefficient (Wildman–Crippen LogP) is 2.65. The molecule has 1 saturated carbocycles. The molecule has 1 aliphatic carbocycles. The van der Waals surface area contributed by atoms with Crippen molar-refractivity contribution in [1.82, 2.24) is 5.32 Å². The lowest BCUT2D eigenvalue weighted by atomic mass is 10.0. The number of anilines is 1. The van der Waals surface area contributed by atoms with Crippen molar-refractivity contribution in [3.8, 4) is 0 Å². The number of fused-ring (bicyclic) bond motifs is 1. The molecule has 1 aromatic rings. The zero-order valence-corrected chi connectivity index (χ0v) is 13.4. The standard InChI is InChI=1S/C16H24N2O2S/c1-13-12-18(16-10-6-5-7-14(16)11-17-13)21(19,20)15-8-3-2-4-9-15/h5-7,10,13,15,17H,2-4,8-9,11-12H2,1H3.